The van der Waals surface area contributed by atoms with Crippen molar-refractivity contribution < 1.29 is 26.3 Å². The fraction of sp³-hybridized carbons (Fsp3) is 0.0317. The Labute approximate surface area is 438 Å². The Morgan fingerprint density at radius 3 is 1.10 bits per heavy atom. The molecule has 2 heterocycles. The molecule has 0 fully saturated rings. The maximum Gasteiger partial charge on any atom is 0.416 e. The highest BCUT2D eigenvalue weighted by molar-refractivity contribution is 6.13. The molecule has 11 aromatic rings. The first kappa shape index (κ1) is 48.8. The second kappa shape index (κ2) is 18.5. The average Bonchev–Trinajstić information content (AvgIpc) is 4.15. The van der Waals surface area contributed by atoms with Crippen molar-refractivity contribution in [3.8, 4) is 98.4 Å². The molecule has 0 amide bonds. The van der Waals surface area contributed by atoms with E-state index in [0.717, 1.165) is 0 Å². The first-order valence-corrected chi connectivity index (χ1v) is 23.4. The number of aromatic nitrogens is 2. The van der Waals surface area contributed by atoms with E-state index in [1.807, 2.05) is 69.8 Å². The lowest BCUT2D eigenvalue weighted by Crippen LogP contribution is -2.11. The molecule has 9 nitrogen and oxygen atoms in total. The summed E-state index contributed by atoms with van der Waals surface area (Å²) in [5.74, 6) is 0. The molecule has 0 saturated carbocycles. The smallest absolute Gasteiger partial charge is 0.309 e. The number of alkyl halides is 6. The molecule has 11 rings (SSSR count). The van der Waals surface area contributed by atoms with Crippen molar-refractivity contribution in [2.45, 2.75) is 12.4 Å². The van der Waals surface area contributed by atoms with Gasteiger partial charge in [0.05, 0.1) is 126 Å². The molecule has 2 aromatic heterocycles. The van der Waals surface area contributed by atoms with Crippen LogP contribution in [0.1, 0.15) is 50.1 Å². The molecule has 0 aliphatic carbocycles. The topological polar surface area (TPSA) is 176 Å². The predicted molar refractivity (Wildman–Crippen MR) is 280 cm³/mol. The zero-order valence-corrected chi connectivity index (χ0v) is 39.9. The second-order valence-electron chi connectivity index (χ2n) is 18.1. The van der Waals surface area contributed by atoms with Crippen molar-refractivity contribution in [3.05, 3.63) is 214 Å². The summed E-state index contributed by atoms with van der Waals surface area (Å²) in [6.07, 6.45) is -10.3. The van der Waals surface area contributed by atoms with Gasteiger partial charge in [-0.3, -0.25) is 0 Å². The van der Waals surface area contributed by atoms with Gasteiger partial charge < -0.3 is 9.13 Å². The fourth-order valence-corrected chi connectivity index (χ4v) is 10.4. The van der Waals surface area contributed by atoms with Crippen LogP contribution in [0.3, 0.4) is 0 Å². The van der Waals surface area contributed by atoms with Crippen LogP contribution in [0.15, 0.2) is 164 Å². The number of nitrogens with zero attached hydrogens (tertiary/aromatic N) is 9. The Morgan fingerprint density at radius 2 is 0.692 bits per heavy atom. The summed E-state index contributed by atoms with van der Waals surface area (Å²) in [5, 5.41) is 73.5. The minimum absolute atomic E-state index is 0.0218. The van der Waals surface area contributed by atoms with Gasteiger partial charge in [-0.25, -0.2) is 0 Å². The van der Waals surface area contributed by atoms with E-state index in [2.05, 4.69) is 30.3 Å². The van der Waals surface area contributed by atoms with Gasteiger partial charge in [0.25, 0.3) is 0 Å². The Morgan fingerprint density at radius 1 is 0.308 bits per heavy atom. The van der Waals surface area contributed by atoms with Gasteiger partial charge in [0, 0.05) is 43.8 Å². The third-order valence-corrected chi connectivity index (χ3v) is 13.8. The Bertz CT molecular complexity index is 4650. The number of hydrogen-bond acceptors (Lipinski definition) is 7. The van der Waals surface area contributed by atoms with Crippen LogP contribution < -0.4 is 0 Å². The Balaban J connectivity index is 1.23. The summed E-state index contributed by atoms with van der Waals surface area (Å²) < 4.78 is 90.7. The van der Waals surface area contributed by atoms with E-state index >= 15 is 0 Å². The van der Waals surface area contributed by atoms with Gasteiger partial charge in [-0.05, 0) is 131 Å². The molecule has 78 heavy (non-hydrogen) atoms. The van der Waals surface area contributed by atoms with E-state index < -0.39 is 23.5 Å². The van der Waals surface area contributed by atoms with E-state index in [9.17, 15) is 63.2 Å². The van der Waals surface area contributed by atoms with E-state index in [4.69, 9.17) is 0 Å². The van der Waals surface area contributed by atoms with Crippen LogP contribution in [0.4, 0.5) is 26.3 Å². The molecule has 15 heteroatoms. The number of hydrogen-bond donors (Lipinski definition) is 0. The number of rotatable bonds is 6. The zero-order valence-electron chi connectivity index (χ0n) is 39.9. The number of halogens is 6. The fourth-order valence-electron chi connectivity index (χ4n) is 10.4. The molecule has 0 N–H and O–H groups in total. The maximum atomic E-state index is 14.5. The summed E-state index contributed by atoms with van der Waals surface area (Å²) in [5.41, 5.74) is 2.82. The van der Waals surface area contributed by atoms with Gasteiger partial charge >= 0.3 is 12.4 Å². The van der Waals surface area contributed by atoms with Crippen LogP contribution in [0.5, 0.6) is 0 Å². The number of fused-ring (bicyclic) bond motifs is 6. The van der Waals surface area contributed by atoms with Gasteiger partial charge in [-0.1, -0.05) is 54.6 Å². The van der Waals surface area contributed by atoms with Gasteiger partial charge in [0.15, 0.2) is 0 Å². The SMILES string of the molecule is N#Cc1cc(C#N)c(-c2ccc3c(c2)c2ccccc2n3-c2ccc(C#N)cc2-c2cc(-c3cc(C(F)(F)F)cc(C(F)(F)F)c3)ccc2-n2c3ccccc3c3cc(-c4c(C#N)cc(C#N)cc4C#N)ccc32)c(C#N)c1. The van der Waals surface area contributed by atoms with E-state index in [1.165, 1.54) is 36.4 Å². The first-order valence-electron chi connectivity index (χ1n) is 23.4. The lowest BCUT2D eigenvalue weighted by molar-refractivity contribution is -0.143. The highest BCUT2D eigenvalue weighted by atomic mass is 19.4. The maximum absolute atomic E-state index is 14.5. The molecule has 0 saturated heterocycles. The van der Waals surface area contributed by atoms with E-state index in [-0.39, 0.29) is 61.7 Å². The van der Waals surface area contributed by atoms with Crippen LogP contribution in [-0.2, 0) is 12.4 Å². The monoisotopic (exact) mass is 1020 g/mol. The predicted octanol–water partition coefficient (Wildman–Crippen LogP) is 15.7. The van der Waals surface area contributed by atoms with Crippen molar-refractivity contribution in [1.82, 2.24) is 9.13 Å². The molecule has 0 bridgehead atoms. The lowest BCUT2D eigenvalue weighted by Gasteiger charge is -2.21. The molecule has 366 valence electrons. The molecule has 0 aliphatic rings. The average molecular weight is 1020 g/mol. The van der Waals surface area contributed by atoms with Gasteiger partial charge in [-0.15, -0.1) is 0 Å². The number of para-hydroxylation sites is 2. The zero-order chi connectivity index (χ0) is 54.8. The standard InChI is InChI=1S/C63H27F6N9/c64-62(65,66)46-22-41(23-47(27-46)63(67,68)69)38-10-14-59(78-55-8-4-2-6-49(55)52-26-40(12-16-58(52)78)61-44(33-75)19-37(30-72)20-45(61)34-76)53(24-38)50-21-35(28-70)9-13-56(50)77-54-7-3-1-5-48(54)51-25-39(11-15-57(51)77)60-42(31-73)17-36(29-71)18-43(60)32-74/h1-27H. The third-order valence-electron chi connectivity index (χ3n) is 13.8. The molecular formula is C63H27F6N9. The van der Waals surface area contributed by atoms with Crippen LogP contribution in [-0.4, -0.2) is 9.13 Å². The quantitative estimate of drug-likeness (QED) is 0.149. The molecule has 9 aromatic carbocycles. The lowest BCUT2D eigenvalue weighted by atomic mass is 9.92. The highest BCUT2D eigenvalue weighted by Crippen LogP contribution is 2.46. The molecule has 0 radical (unpaired) electrons. The van der Waals surface area contributed by atoms with Crippen molar-refractivity contribution in [2.24, 2.45) is 0 Å². The molecule has 0 aliphatic heterocycles. The van der Waals surface area contributed by atoms with Gasteiger partial charge in [-0.2, -0.15) is 63.2 Å². The summed E-state index contributed by atoms with van der Waals surface area (Å²) in [7, 11) is 0. The van der Waals surface area contributed by atoms with Crippen LogP contribution in [0.2, 0.25) is 0 Å². The first-order chi connectivity index (χ1) is 37.6. The third kappa shape index (κ3) is 8.01. The summed E-state index contributed by atoms with van der Waals surface area (Å²) in [6.45, 7) is 0. The highest BCUT2D eigenvalue weighted by Gasteiger charge is 2.37. The van der Waals surface area contributed by atoms with Crippen molar-refractivity contribution in [2.75, 3.05) is 0 Å². The van der Waals surface area contributed by atoms with Crippen LogP contribution in [0.25, 0.3) is 99.5 Å². The Kier molecular flexibility index (Phi) is 11.6. The summed E-state index contributed by atoms with van der Waals surface area (Å²) >= 11 is 0. The minimum Gasteiger partial charge on any atom is -0.309 e. The van der Waals surface area contributed by atoms with E-state index in [0.29, 0.717) is 94.9 Å². The minimum atomic E-state index is -5.16. The van der Waals surface area contributed by atoms with Crippen molar-refractivity contribution in [3.63, 3.8) is 0 Å². The number of benzene rings is 9. The second-order valence-corrected chi connectivity index (χ2v) is 18.1. The van der Waals surface area contributed by atoms with Gasteiger partial charge in [0.2, 0.25) is 0 Å². The summed E-state index contributed by atoms with van der Waals surface area (Å²) in [6, 6.07) is 56.3. The van der Waals surface area contributed by atoms with Crippen molar-refractivity contribution in [1.29, 1.82) is 36.8 Å². The van der Waals surface area contributed by atoms with Crippen LogP contribution >= 0.6 is 0 Å². The van der Waals surface area contributed by atoms with Gasteiger partial charge in [0.1, 0.15) is 0 Å². The largest absolute Gasteiger partial charge is 0.416 e. The normalized spacial score (nSPS) is 11.4. The molecular weight excluding hydrogens is 997 g/mol. The van der Waals surface area contributed by atoms with Crippen molar-refractivity contribution >= 4 is 43.6 Å². The molecule has 0 unspecified atom stereocenters. The molecule has 0 spiro atoms. The number of nitriles is 7. The molecule has 0 atom stereocenters. The van der Waals surface area contributed by atoms with Crippen LogP contribution in [0, 0.1) is 79.3 Å². The Hall–Kier alpha value is -11.4. The summed E-state index contributed by atoms with van der Waals surface area (Å²) in [4.78, 5) is 0. The van der Waals surface area contributed by atoms with E-state index in [1.54, 1.807) is 60.7 Å².